The molecule has 0 radical (unpaired) electrons. The standard InChI is InChI=1S/C22H32O5/c1-2-3-10-17-26-21(24)11-8-6-4-5-7-9-12-22(25)27-20-15-13-19(18-23)14-16-20/h13-16,18H,2-12,17H2,1H3. The monoisotopic (exact) mass is 376 g/mol. The van der Waals surface area contributed by atoms with E-state index in [1.54, 1.807) is 24.3 Å². The quantitative estimate of drug-likeness (QED) is 0.181. The number of unbranched alkanes of at least 4 members (excludes halogenated alkanes) is 7. The molecule has 0 aliphatic rings. The first-order valence-electron chi connectivity index (χ1n) is 10.1. The lowest BCUT2D eigenvalue weighted by atomic mass is 10.1. The van der Waals surface area contributed by atoms with Crippen molar-refractivity contribution in [2.24, 2.45) is 0 Å². The molecule has 0 saturated heterocycles. The Bertz CT molecular complexity index is 550. The van der Waals surface area contributed by atoms with Crippen LogP contribution in [0.3, 0.4) is 0 Å². The van der Waals surface area contributed by atoms with Gasteiger partial charge in [-0.3, -0.25) is 14.4 Å². The highest BCUT2D eigenvalue weighted by Gasteiger charge is 2.05. The molecular formula is C22H32O5. The summed E-state index contributed by atoms with van der Waals surface area (Å²) in [5.41, 5.74) is 0.555. The second-order valence-corrected chi connectivity index (χ2v) is 6.71. The third-order valence-corrected chi connectivity index (χ3v) is 4.27. The first-order chi connectivity index (χ1) is 13.2. The Kier molecular flexibility index (Phi) is 12.7. The van der Waals surface area contributed by atoms with Gasteiger partial charge in [0.25, 0.3) is 0 Å². The molecule has 0 fully saturated rings. The van der Waals surface area contributed by atoms with Crippen molar-refractivity contribution in [2.75, 3.05) is 6.61 Å². The molecule has 1 aromatic carbocycles. The average molecular weight is 376 g/mol. The summed E-state index contributed by atoms with van der Waals surface area (Å²) in [5.74, 6) is 0.127. The summed E-state index contributed by atoms with van der Waals surface area (Å²) in [6.45, 7) is 2.67. The smallest absolute Gasteiger partial charge is 0.311 e. The number of hydrogen-bond donors (Lipinski definition) is 0. The first-order valence-corrected chi connectivity index (χ1v) is 10.1. The minimum atomic E-state index is -0.250. The molecule has 5 heteroatoms. The summed E-state index contributed by atoms with van der Waals surface area (Å²) >= 11 is 0. The molecule has 0 atom stereocenters. The summed E-state index contributed by atoms with van der Waals surface area (Å²) in [6, 6.07) is 6.49. The number of esters is 2. The third kappa shape index (κ3) is 11.9. The molecular weight excluding hydrogens is 344 g/mol. The topological polar surface area (TPSA) is 69.7 Å². The minimum absolute atomic E-state index is 0.0879. The molecule has 0 aliphatic heterocycles. The summed E-state index contributed by atoms with van der Waals surface area (Å²) < 4.78 is 10.4. The fourth-order valence-corrected chi connectivity index (χ4v) is 2.65. The zero-order valence-electron chi connectivity index (χ0n) is 16.4. The van der Waals surface area contributed by atoms with Gasteiger partial charge in [-0.25, -0.2) is 0 Å². The zero-order chi connectivity index (χ0) is 19.7. The molecule has 0 amide bonds. The van der Waals surface area contributed by atoms with Crippen LogP contribution in [0.15, 0.2) is 24.3 Å². The van der Waals surface area contributed by atoms with Crippen molar-refractivity contribution in [3.8, 4) is 5.75 Å². The maximum atomic E-state index is 11.8. The van der Waals surface area contributed by atoms with E-state index in [0.717, 1.165) is 64.1 Å². The second-order valence-electron chi connectivity index (χ2n) is 6.71. The number of carbonyl (C=O) groups excluding carboxylic acids is 3. The zero-order valence-corrected chi connectivity index (χ0v) is 16.4. The number of aldehydes is 1. The number of hydrogen-bond acceptors (Lipinski definition) is 5. The molecule has 0 unspecified atom stereocenters. The van der Waals surface area contributed by atoms with Crippen molar-refractivity contribution >= 4 is 18.2 Å². The summed E-state index contributed by atoms with van der Waals surface area (Å²) in [5, 5.41) is 0. The highest BCUT2D eigenvalue weighted by atomic mass is 16.5. The molecule has 150 valence electrons. The van der Waals surface area contributed by atoms with Gasteiger partial charge in [-0.05, 0) is 43.5 Å². The molecule has 0 aromatic heterocycles. The van der Waals surface area contributed by atoms with E-state index < -0.39 is 0 Å². The van der Waals surface area contributed by atoms with Gasteiger partial charge < -0.3 is 9.47 Å². The van der Waals surface area contributed by atoms with Gasteiger partial charge in [0.1, 0.15) is 12.0 Å². The molecule has 0 saturated carbocycles. The van der Waals surface area contributed by atoms with Crippen LogP contribution in [0.1, 0.15) is 87.9 Å². The lowest BCUT2D eigenvalue weighted by Crippen LogP contribution is -2.07. The molecule has 0 bridgehead atoms. The predicted octanol–water partition coefficient (Wildman–Crippen LogP) is 5.26. The van der Waals surface area contributed by atoms with Crippen LogP contribution >= 0.6 is 0 Å². The van der Waals surface area contributed by atoms with Crippen LogP contribution in [-0.4, -0.2) is 24.8 Å². The predicted molar refractivity (Wildman–Crippen MR) is 105 cm³/mol. The van der Waals surface area contributed by atoms with E-state index in [1.165, 1.54) is 0 Å². The fraction of sp³-hybridized carbons (Fsp3) is 0.591. The van der Waals surface area contributed by atoms with Crippen molar-refractivity contribution < 1.29 is 23.9 Å². The highest BCUT2D eigenvalue weighted by molar-refractivity contribution is 5.76. The fourth-order valence-electron chi connectivity index (χ4n) is 2.65. The van der Waals surface area contributed by atoms with Gasteiger partial charge in [-0.2, -0.15) is 0 Å². The molecule has 5 nitrogen and oxygen atoms in total. The number of rotatable bonds is 15. The van der Waals surface area contributed by atoms with Crippen LogP contribution in [0.5, 0.6) is 5.75 Å². The summed E-state index contributed by atoms with van der Waals surface area (Å²) in [6.07, 6.45) is 10.6. The van der Waals surface area contributed by atoms with Gasteiger partial charge >= 0.3 is 11.9 Å². The number of ether oxygens (including phenoxy) is 2. The van der Waals surface area contributed by atoms with Crippen molar-refractivity contribution in [2.45, 2.75) is 77.6 Å². The van der Waals surface area contributed by atoms with Gasteiger partial charge in [-0.15, -0.1) is 0 Å². The highest BCUT2D eigenvalue weighted by Crippen LogP contribution is 2.14. The van der Waals surface area contributed by atoms with Crippen molar-refractivity contribution in [3.05, 3.63) is 29.8 Å². The third-order valence-electron chi connectivity index (χ3n) is 4.27. The van der Waals surface area contributed by atoms with Gasteiger partial charge in [-0.1, -0.05) is 45.4 Å². The Labute approximate surface area is 162 Å². The van der Waals surface area contributed by atoms with E-state index in [1.807, 2.05) is 0 Å². The van der Waals surface area contributed by atoms with E-state index in [2.05, 4.69) is 6.92 Å². The lowest BCUT2D eigenvalue weighted by molar-refractivity contribution is -0.144. The Morgan fingerprint density at radius 3 is 2.00 bits per heavy atom. The lowest BCUT2D eigenvalue weighted by Gasteiger charge is -2.05. The Hall–Kier alpha value is -2.17. The van der Waals surface area contributed by atoms with Crippen LogP contribution in [0.4, 0.5) is 0 Å². The number of benzene rings is 1. The molecule has 0 heterocycles. The first kappa shape index (κ1) is 22.9. The van der Waals surface area contributed by atoms with E-state index in [-0.39, 0.29) is 11.9 Å². The van der Waals surface area contributed by atoms with Gasteiger partial charge in [0.2, 0.25) is 0 Å². The molecule has 0 spiro atoms. The number of carbonyl (C=O) groups is 3. The van der Waals surface area contributed by atoms with Gasteiger partial charge in [0, 0.05) is 18.4 Å². The Morgan fingerprint density at radius 1 is 0.815 bits per heavy atom. The van der Waals surface area contributed by atoms with E-state index in [4.69, 9.17) is 9.47 Å². The van der Waals surface area contributed by atoms with Crippen molar-refractivity contribution in [1.82, 2.24) is 0 Å². The van der Waals surface area contributed by atoms with E-state index in [0.29, 0.717) is 30.8 Å². The Balaban J connectivity index is 1.95. The SMILES string of the molecule is CCCCCOC(=O)CCCCCCCCC(=O)Oc1ccc(C=O)cc1. The Morgan fingerprint density at radius 2 is 1.41 bits per heavy atom. The van der Waals surface area contributed by atoms with Crippen LogP contribution in [-0.2, 0) is 14.3 Å². The van der Waals surface area contributed by atoms with Crippen LogP contribution in [0.2, 0.25) is 0 Å². The molecule has 0 N–H and O–H groups in total. The minimum Gasteiger partial charge on any atom is -0.466 e. The van der Waals surface area contributed by atoms with E-state index in [9.17, 15) is 14.4 Å². The van der Waals surface area contributed by atoms with Crippen molar-refractivity contribution in [3.63, 3.8) is 0 Å². The largest absolute Gasteiger partial charge is 0.466 e. The summed E-state index contributed by atoms with van der Waals surface area (Å²) in [7, 11) is 0. The molecule has 27 heavy (non-hydrogen) atoms. The average Bonchev–Trinajstić information content (AvgIpc) is 2.68. The van der Waals surface area contributed by atoms with Crippen molar-refractivity contribution in [1.29, 1.82) is 0 Å². The van der Waals surface area contributed by atoms with Crippen LogP contribution in [0, 0.1) is 0 Å². The van der Waals surface area contributed by atoms with Gasteiger partial charge in [0.15, 0.2) is 0 Å². The maximum absolute atomic E-state index is 11.8. The van der Waals surface area contributed by atoms with Crippen LogP contribution in [0.25, 0.3) is 0 Å². The van der Waals surface area contributed by atoms with E-state index >= 15 is 0 Å². The van der Waals surface area contributed by atoms with Gasteiger partial charge in [0.05, 0.1) is 6.61 Å². The summed E-state index contributed by atoms with van der Waals surface area (Å²) in [4.78, 5) is 33.8. The van der Waals surface area contributed by atoms with Crippen LogP contribution < -0.4 is 4.74 Å². The maximum Gasteiger partial charge on any atom is 0.311 e. The molecule has 0 aliphatic carbocycles. The molecule has 1 aromatic rings. The molecule has 1 rings (SSSR count). The normalized spacial score (nSPS) is 10.4. The second kappa shape index (κ2) is 14.9.